The largest absolute Gasteiger partial charge is 0.497 e. The summed E-state index contributed by atoms with van der Waals surface area (Å²) in [6.45, 7) is 2.98. The van der Waals surface area contributed by atoms with Crippen LogP contribution < -0.4 is 14.8 Å². The smallest absolute Gasteiger partial charge is 0.257 e. The number of aromatic nitrogens is 1. The van der Waals surface area contributed by atoms with E-state index in [0.717, 1.165) is 13.1 Å². The molecule has 0 bridgehead atoms. The van der Waals surface area contributed by atoms with Crippen molar-refractivity contribution in [2.75, 3.05) is 52.8 Å². The molecule has 8 heteroatoms. The number of pyridine rings is 1. The van der Waals surface area contributed by atoms with Crippen molar-refractivity contribution in [3.05, 3.63) is 47.8 Å². The Kier molecular flexibility index (Phi) is 6.10. The molecule has 3 rings (SSSR count). The molecule has 1 saturated heterocycles. The van der Waals surface area contributed by atoms with Crippen molar-refractivity contribution in [2.24, 2.45) is 0 Å². The average Bonchev–Trinajstić information content (AvgIpc) is 2.73. The fourth-order valence-corrected chi connectivity index (χ4v) is 2.98. The van der Waals surface area contributed by atoms with Gasteiger partial charge in [0.1, 0.15) is 11.5 Å². The third kappa shape index (κ3) is 4.40. The zero-order valence-corrected chi connectivity index (χ0v) is 16.3. The summed E-state index contributed by atoms with van der Waals surface area (Å²) < 4.78 is 10.5. The van der Waals surface area contributed by atoms with E-state index in [0.29, 0.717) is 41.4 Å². The Morgan fingerprint density at radius 3 is 2.39 bits per heavy atom. The Morgan fingerprint density at radius 1 is 1.00 bits per heavy atom. The van der Waals surface area contributed by atoms with Crippen LogP contribution in [0.1, 0.15) is 20.7 Å². The van der Waals surface area contributed by atoms with Gasteiger partial charge in [0.15, 0.2) is 0 Å². The maximum atomic E-state index is 12.7. The fourth-order valence-electron chi connectivity index (χ4n) is 2.98. The van der Waals surface area contributed by atoms with Crippen LogP contribution in [0.15, 0.2) is 36.7 Å². The monoisotopic (exact) mass is 384 g/mol. The molecule has 8 nitrogen and oxygen atoms in total. The van der Waals surface area contributed by atoms with Crippen molar-refractivity contribution >= 4 is 17.5 Å². The Labute approximate surface area is 164 Å². The number of hydrogen-bond donors (Lipinski definition) is 1. The first-order valence-electron chi connectivity index (χ1n) is 8.98. The van der Waals surface area contributed by atoms with Crippen molar-refractivity contribution in [1.29, 1.82) is 0 Å². The zero-order valence-electron chi connectivity index (χ0n) is 16.3. The van der Waals surface area contributed by atoms with Crippen LogP contribution in [-0.4, -0.2) is 74.0 Å². The predicted molar refractivity (Wildman–Crippen MR) is 105 cm³/mol. The highest BCUT2D eigenvalue weighted by Gasteiger charge is 2.21. The van der Waals surface area contributed by atoms with Crippen LogP contribution in [0.3, 0.4) is 0 Å². The van der Waals surface area contributed by atoms with E-state index in [9.17, 15) is 9.59 Å². The van der Waals surface area contributed by atoms with E-state index >= 15 is 0 Å². The number of ether oxygens (including phenoxy) is 2. The molecule has 1 fully saturated rings. The predicted octanol–water partition coefficient (Wildman–Crippen LogP) is 1.74. The number of rotatable bonds is 5. The van der Waals surface area contributed by atoms with E-state index in [1.807, 2.05) is 7.05 Å². The number of anilines is 1. The number of amides is 2. The first-order valence-corrected chi connectivity index (χ1v) is 8.98. The molecule has 1 aromatic heterocycles. The normalized spacial score (nSPS) is 14.5. The lowest BCUT2D eigenvalue weighted by atomic mass is 10.1. The maximum Gasteiger partial charge on any atom is 0.257 e. The third-order valence-corrected chi connectivity index (χ3v) is 4.69. The summed E-state index contributed by atoms with van der Waals surface area (Å²) in [6.07, 6.45) is 2.92. The lowest BCUT2D eigenvalue weighted by Gasteiger charge is -2.32. The first kappa shape index (κ1) is 19.6. The fraction of sp³-hybridized carbons (Fsp3) is 0.350. The van der Waals surface area contributed by atoms with Crippen molar-refractivity contribution in [1.82, 2.24) is 14.8 Å². The quantitative estimate of drug-likeness (QED) is 0.845. The van der Waals surface area contributed by atoms with Gasteiger partial charge in [-0.15, -0.1) is 0 Å². The van der Waals surface area contributed by atoms with Crippen molar-refractivity contribution in [3.8, 4) is 11.5 Å². The number of methoxy groups -OCH3 is 2. The Balaban J connectivity index is 1.76. The second-order valence-corrected chi connectivity index (χ2v) is 6.58. The van der Waals surface area contributed by atoms with Crippen molar-refractivity contribution in [3.63, 3.8) is 0 Å². The molecule has 1 aliphatic heterocycles. The molecular formula is C20H24N4O4. The van der Waals surface area contributed by atoms with Crippen LogP contribution in [-0.2, 0) is 0 Å². The second kappa shape index (κ2) is 8.71. The molecule has 28 heavy (non-hydrogen) atoms. The Hall–Kier alpha value is -3.13. The number of carbonyl (C=O) groups is 2. The van der Waals surface area contributed by atoms with Gasteiger partial charge in [-0.2, -0.15) is 0 Å². The Bertz CT molecular complexity index is 863. The molecule has 0 spiro atoms. The van der Waals surface area contributed by atoms with E-state index in [2.05, 4.69) is 15.2 Å². The van der Waals surface area contributed by atoms with Crippen LogP contribution in [0.4, 0.5) is 5.69 Å². The van der Waals surface area contributed by atoms with Gasteiger partial charge in [0.25, 0.3) is 11.8 Å². The molecule has 1 N–H and O–H groups in total. The number of carbonyl (C=O) groups excluding carboxylic acids is 2. The number of hydrogen-bond acceptors (Lipinski definition) is 6. The average molecular weight is 384 g/mol. The third-order valence-electron chi connectivity index (χ3n) is 4.69. The summed E-state index contributed by atoms with van der Waals surface area (Å²) in [5.74, 6) is 0.598. The molecule has 1 aliphatic rings. The highest BCUT2D eigenvalue weighted by molar-refractivity contribution is 6.06. The lowest BCUT2D eigenvalue weighted by Crippen LogP contribution is -2.47. The van der Waals surface area contributed by atoms with E-state index in [4.69, 9.17) is 9.47 Å². The van der Waals surface area contributed by atoms with Gasteiger partial charge in [0.2, 0.25) is 0 Å². The first-order chi connectivity index (χ1) is 13.5. The summed E-state index contributed by atoms with van der Waals surface area (Å²) in [5, 5.41) is 2.79. The molecule has 2 amide bonds. The molecule has 0 atom stereocenters. The van der Waals surface area contributed by atoms with E-state index in [-0.39, 0.29) is 11.8 Å². The number of likely N-dealkylation sites (N-methyl/N-ethyl adjacent to an activating group) is 1. The number of nitrogens with one attached hydrogen (secondary N) is 1. The highest BCUT2D eigenvalue weighted by atomic mass is 16.5. The minimum atomic E-state index is -0.382. The van der Waals surface area contributed by atoms with Crippen LogP contribution >= 0.6 is 0 Å². The molecular weight excluding hydrogens is 360 g/mol. The molecule has 2 aromatic rings. The molecule has 0 saturated carbocycles. The summed E-state index contributed by atoms with van der Waals surface area (Å²) in [5.41, 5.74) is 1.17. The van der Waals surface area contributed by atoms with Crippen molar-refractivity contribution < 1.29 is 19.1 Å². The van der Waals surface area contributed by atoms with E-state index in [1.165, 1.54) is 19.5 Å². The van der Waals surface area contributed by atoms with Gasteiger partial charge in [0, 0.05) is 44.6 Å². The summed E-state index contributed by atoms with van der Waals surface area (Å²) >= 11 is 0. The highest BCUT2D eigenvalue weighted by Crippen LogP contribution is 2.29. The molecule has 1 aromatic carbocycles. The number of benzene rings is 1. The van der Waals surface area contributed by atoms with Gasteiger partial charge < -0.3 is 24.6 Å². The van der Waals surface area contributed by atoms with Crippen LogP contribution in [0.25, 0.3) is 0 Å². The molecule has 2 heterocycles. The molecule has 0 aliphatic carbocycles. The van der Waals surface area contributed by atoms with Crippen LogP contribution in [0.2, 0.25) is 0 Å². The molecule has 0 radical (unpaired) electrons. The summed E-state index contributed by atoms with van der Waals surface area (Å²) in [7, 11) is 5.10. The van der Waals surface area contributed by atoms with Crippen LogP contribution in [0.5, 0.6) is 11.5 Å². The SMILES string of the molecule is COc1ccc(OC)c(NC(=O)c2cncc(C(=O)N3CCN(C)CC3)c2)c1. The minimum Gasteiger partial charge on any atom is -0.497 e. The summed E-state index contributed by atoms with van der Waals surface area (Å²) in [4.78, 5) is 33.5. The van der Waals surface area contributed by atoms with Gasteiger partial charge in [0.05, 0.1) is 31.0 Å². The topological polar surface area (TPSA) is 84.0 Å². The number of piperazine rings is 1. The van der Waals surface area contributed by atoms with Gasteiger partial charge in [-0.1, -0.05) is 0 Å². The minimum absolute atomic E-state index is 0.116. The molecule has 0 unspecified atom stereocenters. The lowest BCUT2D eigenvalue weighted by molar-refractivity contribution is 0.0663. The van der Waals surface area contributed by atoms with Gasteiger partial charge in [-0.25, -0.2) is 0 Å². The zero-order chi connectivity index (χ0) is 20.1. The maximum absolute atomic E-state index is 12.7. The van der Waals surface area contributed by atoms with E-state index < -0.39 is 0 Å². The van der Waals surface area contributed by atoms with Gasteiger partial charge >= 0.3 is 0 Å². The molecule has 148 valence electrons. The second-order valence-electron chi connectivity index (χ2n) is 6.58. The van der Waals surface area contributed by atoms with Crippen LogP contribution in [0, 0.1) is 0 Å². The van der Waals surface area contributed by atoms with Crippen molar-refractivity contribution in [2.45, 2.75) is 0 Å². The Morgan fingerprint density at radius 2 is 1.71 bits per heavy atom. The summed E-state index contributed by atoms with van der Waals surface area (Å²) in [6, 6.07) is 6.68. The number of nitrogens with zero attached hydrogens (tertiary/aromatic N) is 3. The van der Waals surface area contributed by atoms with E-state index in [1.54, 1.807) is 36.3 Å². The van der Waals surface area contributed by atoms with Gasteiger partial charge in [-0.05, 0) is 25.2 Å². The van der Waals surface area contributed by atoms with Gasteiger partial charge in [-0.3, -0.25) is 14.6 Å². The standard InChI is InChI=1S/C20H24N4O4/c1-23-6-8-24(9-7-23)20(26)15-10-14(12-21-13-15)19(25)22-17-11-16(27-2)4-5-18(17)28-3/h4-5,10-13H,6-9H2,1-3H3,(H,22,25).